The molecule has 0 aliphatic rings. The summed E-state index contributed by atoms with van der Waals surface area (Å²) in [6.45, 7) is 0. The second-order valence-corrected chi connectivity index (χ2v) is 4.39. The van der Waals surface area contributed by atoms with Gasteiger partial charge in [-0.1, -0.05) is 0 Å². The topological polar surface area (TPSA) is 53.1 Å². The fourth-order valence-corrected chi connectivity index (χ4v) is 2.05. The molecule has 0 saturated carbocycles. The van der Waals surface area contributed by atoms with Gasteiger partial charge in [-0.15, -0.1) is 0 Å². The van der Waals surface area contributed by atoms with E-state index in [4.69, 9.17) is 10.5 Å². The second kappa shape index (κ2) is 4.37. The average Bonchev–Trinajstić information content (AvgIpc) is 2.63. The molecule has 1 heterocycles. The Balaban J connectivity index is 2.60. The van der Waals surface area contributed by atoms with Gasteiger partial charge in [0.15, 0.2) is 0 Å². The Kier molecular flexibility index (Phi) is 3.06. The van der Waals surface area contributed by atoms with Crippen LogP contribution >= 0.6 is 15.9 Å². The highest BCUT2D eigenvalue weighted by Gasteiger charge is 2.15. The fraction of sp³-hybridized carbons (Fsp3) is 0.182. The smallest absolute Gasteiger partial charge is 0.135 e. The Bertz CT molecular complexity index is 568. The van der Waals surface area contributed by atoms with Crippen LogP contribution in [-0.4, -0.2) is 16.9 Å². The Morgan fingerprint density at radius 3 is 2.65 bits per heavy atom. The number of benzene rings is 1. The lowest BCUT2D eigenvalue weighted by molar-refractivity contribution is 0.409. The standard InChI is InChI=1S/C11H11BrFN3O/c1-16-11(14)7(5-15-16)6-3-8(12)10(17-2)4-9(6)13/h3-5H,14H2,1-2H3. The Morgan fingerprint density at radius 1 is 1.41 bits per heavy atom. The van der Waals surface area contributed by atoms with Crippen molar-refractivity contribution in [1.82, 2.24) is 9.78 Å². The van der Waals surface area contributed by atoms with Crippen LogP contribution in [0.3, 0.4) is 0 Å². The first-order valence-electron chi connectivity index (χ1n) is 4.85. The zero-order valence-corrected chi connectivity index (χ0v) is 11.0. The number of hydrogen-bond acceptors (Lipinski definition) is 3. The number of hydrogen-bond donors (Lipinski definition) is 1. The number of rotatable bonds is 2. The molecule has 0 aliphatic heterocycles. The molecule has 0 saturated heterocycles. The molecule has 90 valence electrons. The van der Waals surface area contributed by atoms with Crippen LogP contribution in [0.4, 0.5) is 10.2 Å². The van der Waals surface area contributed by atoms with E-state index in [2.05, 4.69) is 21.0 Å². The molecule has 2 aromatic rings. The van der Waals surface area contributed by atoms with Gasteiger partial charge in [-0.2, -0.15) is 5.10 Å². The minimum atomic E-state index is -0.398. The lowest BCUT2D eigenvalue weighted by atomic mass is 10.1. The predicted molar refractivity (Wildman–Crippen MR) is 67.3 cm³/mol. The van der Waals surface area contributed by atoms with Gasteiger partial charge in [-0.05, 0) is 22.0 Å². The first-order valence-corrected chi connectivity index (χ1v) is 5.64. The number of nitrogens with zero attached hydrogens (tertiary/aromatic N) is 2. The zero-order valence-electron chi connectivity index (χ0n) is 9.37. The van der Waals surface area contributed by atoms with E-state index in [0.29, 0.717) is 27.2 Å². The molecule has 1 aromatic carbocycles. The SMILES string of the molecule is COc1cc(F)c(-c2cnn(C)c2N)cc1Br. The van der Waals surface area contributed by atoms with Gasteiger partial charge in [0.2, 0.25) is 0 Å². The number of aryl methyl sites for hydroxylation is 1. The van der Waals surface area contributed by atoms with Crippen LogP contribution in [0.5, 0.6) is 5.75 Å². The van der Waals surface area contributed by atoms with Crippen LogP contribution in [-0.2, 0) is 7.05 Å². The lowest BCUT2D eigenvalue weighted by Gasteiger charge is -2.07. The molecule has 6 heteroatoms. The van der Waals surface area contributed by atoms with E-state index in [-0.39, 0.29) is 0 Å². The Labute approximate surface area is 106 Å². The molecule has 0 aliphatic carbocycles. The highest BCUT2D eigenvalue weighted by molar-refractivity contribution is 9.10. The lowest BCUT2D eigenvalue weighted by Crippen LogP contribution is -1.99. The van der Waals surface area contributed by atoms with Crippen molar-refractivity contribution in [2.75, 3.05) is 12.8 Å². The summed E-state index contributed by atoms with van der Waals surface area (Å²) < 4.78 is 21.1. The van der Waals surface area contributed by atoms with Gasteiger partial charge in [0.1, 0.15) is 17.4 Å². The van der Waals surface area contributed by atoms with E-state index in [1.165, 1.54) is 24.1 Å². The van der Waals surface area contributed by atoms with Crippen LogP contribution in [0.25, 0.3) is 11.1 Å². The first-order chi connectivity index (χ1) is 8.04. The summed E-state index contributed by atoms with van der Waals surface area (Å²) >= 11 is 3.31. The minimum absolute atomic E-state index is 0.392. The van der Waals surface area contributed by atoms with Gasteiger partial charge in [0, 0.05) is 24.2 Å². The van der Waals surface area contributed by atoms with Gasteiger partial charge < -0.3 is 10.5 Å². The van der Waals surface area contributed by atoms with Crippen molar-refractivity contribution in [3.05, 3.63) is 28.6 Å². The summed E-state index contributed by atoms with van der Waals surface area (Å²) in [6, 6.07) is 2.94. The highest BCUT2D eigenvalue weighted by atomic mass is 79.9. The maximum Gasteiger partial charge on any atom is 0.135 e. The summed E-state index contributed by atoms with van der Waals surface area (Å²) in [6.07, 6.45) is 1.53. The van der Waals surface area contributed by atoms with Crippen LogP contribution in [0.15, 0.2) is 22.8 Å². The van der Waals surface area contributed by atoms with Gasteiger partial charge in [0.25, 0.3) is 0 Å². The molecule has 2 N–H and O–H groups in total. The number of aromatic nitrogens is 2. The molecule has 4 nitrogen and oxygen atoms in total. The van der Waals surface area contributed by atoms with Crippen molar-refractivity contribution in [2.24, 2.45) is 7.05 Å². The summed E-state index contributed by atoms with van der Waals surface area (Å²) in [5.41, 5.74) is 6.77. The quantitative estimate of drug-likeness (QED) is 0.927. The normalized spacial score (nSPS) is 10.6. The number of halogens is 2. The maximum atomic E-state index is 13.9. The van der Waals surface area contributed by atoms with Crippen molar-refractivity contribution in [3.63, 3.8) is 0 Å². The van der Waals surface area contributed by atoms with Crippen LogP contribution in [0.2, 0.25) is 0 Å². The van der Waals surface area contributed by atoms with E-state index >= 15 is 0 Å². The second-order valence-electron chi connectivity index (χ2n) is 3.53. The molecule has 0 spiro atoms. The number of methoxy groups -OCH3 is 1. The third kappa shape index (κ3) is 2.00. The minimum Gasteiger partial charge on any atom is -0.495 e. The van der Waals surface area contributed by atoms with Gasteiger partial charge in [-0.3, -0.25) is 4.68 Å². The van der Waals surface area contributed by atoms with Crippen molar-refractivity contribution in [2.45, 2.75) is 0 Å². The van der Waals surface area contributed by atoms with Crippen molar-refractivity contribution >= 4 is 21.7 Å². The predicted octanol–water partition coefficient (Wildman–Crippen LogP) is 2.58. The van der Waals surface area contributed by atoms with E-state index in [1.54, 1.807) is 13.1 Å². The third-order valence-corrected chi connectivity index (χ3v) is 3.14. The maximum absolute atomic E-state index is 13.9. The van der Waals surface area contributed by atoms with E-state index < -0.39 is 5.82 Å². The summed E-state index contributed by atoms with van der Waals surface area (Å²) in [7, 11) is 3.19. The van der Waals surface area contributed by atoms with E-state index in [9.17, 15) is 4.39 Å². The van der Waals surface area contributed by atoms with Gasteiger partial charge in [-0.25, -0.2) is 4.39 Å². The number of anilines is 1. The van der Waals surface area contributed by atoms with E-state index in [0.717, 1.165) is 0 Å². The first kappa shape index (κ1) is 11.9. The van der Waals surface area contributed by atoms with Gasteiger partial charge in [0.05, 0.1) is 17.8 Å². The summed E-state index contributed by atoms with van der Waals surface area (Å²) in [4.78, 5) is 0. The molecule has 2 rings (SSSR count). The van der Waals surface area contributed by atoms with E-state index in [1.807, 2.05) is 0 Å². The van der Waals surface area contributed by atoms with Crippen LogP contribution < -0.4 is 10.5 Å². The third-order valence-electron chi connectivity index (χ3n) is 2.52. The molecule has 0 radical (unpaired) electrons. The molecule has 0 amide bonds. The molecule has 0 atom stereocenters. The molecule has 1 aromatic heterocycles. The molecule has 0 bridgehead atoms. The molecule has 0 unspecified atom stereocenters. The largest absolute Gasteiger partial charge is 0.495 e. The molecule has 0 fully saturated rings. The Morgan fingerprint density at radius 2 is 2.12 bits per heavy atom. The van der Waals surface area contributed by atoms with Crippen molar-refractivity contribution < 1.29 is 9.13 Å². The molecular formula is C11H11BrFN3O. The van der Waals surface area contributed by atoms with Crippen molar-refractivity contribution in [1.29, 1.82) is 0 Å². The monoisotopic (exact) mass is 299 g/mol. The molecule has 17 heavy (non-hydrogen) atoms. The van der Waals surface area contributed by atoms with Crippen molar-refractivity contribution in [3.8, 4) is 16.9 Å². The summed E-state index contributed by atoms with van der Waals surface area (Å²) in [5.74, 6) is 0.458. The van der Waals surface area contributed by atoms with Crippen LogP contribution in [0.1, 0.15) is 0 Å². The zero-order chi connectivity index (χ0) is 12.6. The average molecular weight is 300 g/mol. The Hall–Kier alpha value is -1.56. The fourth-order valence-electron chi connectivity index (χ4n) is 1.55. The number of nitrogens with two attached hydrogens (primary N) is 1. The summed E-state index contributed by atoms with van der Waals surface area (Å²) in [5, 5.41) is 3.98. The highest BCUT2D eigenvalue weighted by Crippen LogP contribution is 2.35. The molecular weight excluding hydrogens is 289 g/mol. The number of nitrogen functional groups attached to an aromatic ring is 1. The number of ether oxygens (including phenoxy) is 1. The van der Waals surface area contributed by atoms with Crippen LogP contribution in [0, 0.1) is 5.82 Å². The van der Waals surface area contributed by atoms with Gasteiger partial charge >= 0.3 is 0 Å².